The van der Waals surface area contributed by atoms with Crippen molar-refractivity contribution in [3.05, 3.63) is 23.0 Å². The summed E-state index contributed by atoms with van der Waals surface area (Å²) >= 11 is 0. The van der Waals surface area contributed by atoms with Gasteiger partial charge in [-0.25, -0.2) is 13.8 Å². The average molecular weight is 239 g/mol. The lowest BCUT2D eigenvalue weighted by Gasteiger charge is -2.21. The van der Waals surface area contributed by atoms with E-state index in [0.29, 0.717) is 5.65 Å². The number of rotatable bonds is 1. The molecule has 0 aliphatic carbocycles. The highest BCUT2D eigenvalue weighted by Crippen LogP contribution is 2.33. The summed E-state index contributed by atoms with van der Waals surface area (Å²) in [7, 11) is 0. The molecule has 5 heteroatoms. The third-order valence-electron chi connectivity index (χ3n) is 2.76. The number of alkyl halides is 2. The number of aryl methyl sites for hydroxylation is 1. The van der Waals surface area contributed by atoms with Crippen molar-refractivity contribution in [3.8, 4) is 0 Å². The van der Waals surface area contributed by atoms with Crippen LogP contribution in [0.4, 0.5) is 8.78 Å². The van der Waals surface area contributed by atoms with Gasteiger partial charge in [0.2, 0.25) is 0 Å². The Morgan fingerprint density at radius 3 is 2.47 bits per heavy atom. The summed E-state index contributed by atoms with van der Waals surface area (Å²) in [5, 5.41) is 7.59. The zero-order chi connectivity index (χ0) is 12.8. The first-order chi connectivity index (χ1) is 7.80. The molecule has 0 radical (unpaired) electrons. The Kier molecular flexibility index (Phi) is 2.64. The van der Waals surface area contributed by atoms with Gasteiger partial charge in [-0.05, 0) is 24.0 Å². The van der Waals surface area contributed by atoms with E-state index in [9.17, 15) is 8.78 Å². The van der Waals surface area contributed by atoms with Crippen molar-refractivity contribution >= 4 is 11.0 Å². The smallest absolute Gasteiger partial charge is 0.261 e. The SMILES string of the molecule is Cc1n[nH]c2nc(C(F)F)cc(C(C)(C)C)c12. The summed E-state index contributed by atoms with van der Waals surface area (Å²) in [5.74, 6) is 0. The molecule has 2 aromatic rings. The molecule has 0 aromatic carbocycles. The predicted molar refractivity (Wildman–Crippen MR) is 62.3 cm³/mol. The van der Waals surface area contributed by atoms with Crippen molar-refractivity contribution < 1.29 is 8.78 Å². The van der Waals surface area contributed by atoms with Gasteiger partial charge in [0.05, 0.1) is 5.69 Å². The number of fused-ring (bicyclic) bond motifs is 1. The van der Waals surface area contributed by atoms with Crippen LogP contribution in [0.1, 0.15) is 44.1 Å². The van der Waals surface area contributed by atoms with E-state index in [4.69, 9.17) is 0 Å². The molecule has 2 aromatic heterocycles. The highest BCUT2D eigenvalue weighted by molar-refractivity contribution is 5.82. The van der Waals surface area contributed by atoms with Gasteiger partial charge < -0.3 is 0 Å². The number of pyridine rings is 1. The Balaban J connectivity index is 2.81. The molecule has 0 fully saturated rings. The van der Waals surface area contributed by atoms with Crippen LogP contribution in [0, 0.1) is 6.92 Å². The number of hydrogen-bond donors (Lipinski definition) is 1. The van der Waals surface area contributed by atoms with E-state index in [-0.39, 0.29) is 11.1 Å². The third kappa shape index (κ3) is 2.01. The van der Waals surface area contributed by atoms with Gasteiger partial charge in [-0.3, -0.25) is 5.10 Å². The highest BCUT2D eigenvalue weighted by Gasteiger charge is 2.23. The highest BCUT2D eigenvalue weighted by atomic mass is 19.3. The Labute approximate surface area is 98.3 Å². The van der Waals surface area contributed by atoms with E-state index in [1.165, 1.54) is 6.07 Å². The maximum absolute atomic E-state index is 12.8. The number of nitrogens with zero attached hydrogens (tertiary/aromatic N) is 2. The Morgan fingerprint density at radius 1 is 1.29 bits per heavy atom. The van der Waals surface area contributed by atoms with E-state index < -0.39 is 6.43 Å². The lowest BCUT2D eigenvalue weighted by atomic mass is 9.84. The van der Waals surface area contributed by atoms with Crippen molar-refractivity contribution in [3.63, 3.8) is 0 Å². The molecule has 0 amide bonds. The molecule has 0 saturated carbocycles. The van der Waals surface area contributed by atoms with Crippen LogP contribution in [-0.2, 0) is 5.41 Å². The van der Waals surface area contributed by atoms with Crippen molar-refractivity contribution in [2.45, 2.75) is 39.5 Å². The standard InChI is InChI=1S/C12H15F2N3/c1-6-9-7(12(2,3)4)5-8(10(13)14)15-11(9)17-16-6/h5,10H,1-4H3,(H,15,16,17). The number of halogens is 2. The van der Waals surface area contributed by atoms with Gasteiger partial charge in [-0.15, -0.1) is 0 Å². The predicted octanol–water partition coefficient (Wildman–Crippen LogP) is 3.50. The zero-order valence-electron chi connectivity index (χ0n) is 10.3. The average Bonchev–Trinajstić information content (AvgIpc) is 2.58. The van der Waals surface area contributed by atoms with Gasteiger partial charge in [0, 0.05) is 5.39 Å². The van der Waals surface area contributed by atoms with Crippen LogP contribution in [-0.4, -0.2) is 15.2 Å². The quantitative estimate of drug-likeness (QED) is 0.827. The third-order valence-corrected chi connectivity index (χ3v) is 2.76. The number of H-pyrrole nitrogens is 1. The van der Waals surface area contributed by atoms with Crippen LogP contribution >= 0.6 is 0 Å². The van der Waals surface area contributed by atoms with E-state index in [2.05, 4.69) is 15.2 Å². The topological polar surface area (TPSA) is 41.6 Å². The van der Waals surface area contributed by atoms with Crippen LogP contribution in [0.2, 0.25) is 0 Å². The number of aromatic nitrogens is 3. The maximum Gasteiger partial charge on any atom is 0.280 e. The second-order valence-corrected chi connectivity index (χ2v) is 5.18. The number of hydrogen-bond acceptors (Lipinski definition) is 2. The molecule has 1 N–H and O–H groups in total. The normalized spacial score (nSPS) is 12.6. The summed E-state index contributed by atoms with van der Waals surface area (Å²) in [4.78, 5) is 3.90. The molecule has 17 heavy (non-hydrogen) atoms. The van der Waals surface area contributed by atoms with E-state index in [1.807, 2.05) is 27.7 Å². The summed E-state index contributed by atoms with van der Waals surface area (Å²) in [5.41, 5.74) is 1.65. The van der Waals surface area contributed by atoms with Gasteiger partial charge in [0.25, 0.3) is 6.43 Å². The largest absolute Gasteiger partial charge is 0.280 e. The van der Waals surface area contributed by atoms with Crippen LogP contribution in [0.3, 0.4) is 0 Å². The van der Waals surface area contributed by atoms with Gasteiger partial charge >= 0.3 is 0 Å². The van der Waals surface area contributed by atoms with E-state index in [0.717, 1.165) is 16.6 Å². The molecule has 0 aliphatic rings. The van der Waals surface area contributed by atoms with E-state index >= 15 is 0 Å². The lowest BCUT2D eigenvalue weighted by molar-refractivity contribution is 0.146. The van der Waals surface area contributed by atoms with Gasteiger partial charge in [-0.1, -0.05) is 20.8 Å². The first kappa shape index (κ1) is 12.0. The zero-order valence-corrected chi connectivity index (χ0v) is 10.3. The minimum absolute atomic E-state index is 0.203. The number of nitrogens with one attached hydrogen (secondary N) is 1. The van der Waals surface area contributed by atoms with Crippen LogP contribution in [0.15, 0.2) is 6.07 Å². The van der Waals surface area contributed by atoms with Crippen LogP contribution in [0.5, 0.6) is 0 Å². The molecule has 92 valence electrons. The molecular weight excluding hydrogens is 224 g/mol. The van der Waals surface area contributed by atoms with Gasteiger partial charge in [0.15, 0.2) is 5.65 Å². The molecular formula is C12H15F2N3. The Hall–Kier alpha value is -1.52. The van der Waals surface area contributed by atoms with Gasteiger partial charge in [0.1, 0.15) is 5.69 Å². The fourth-order valence-corrected chi connectivity index (χ4v) is 1.91. The molecule has 0 saturated heterocycles. The van der Waals surface area contributed by atoms with Gasteiger partial charge in [-0.2, -0.15) is 5.10 Å². The summed E-state index contributed by atoms with van der Waals surface area (Å²) < 4.78 is 25.5. The second kappa shape index (κ2) is 3.75. The van der Waals surface area contributed by atoms with Crippen LogP contribution < -0.4 is 0 Å². The van der Waals surface area contributed by atoms with Crippen molar-refractivity contribution in [2.75, 3.05) is 0 Å². The first-order valence-corrected chi connectivity index (χ1v) is 5.45. The first-order valence-electron chi connectivity index (χ1n) is 5.45. The molecule has 2 rings (SSSR count). The van der Waals surface area contributed by atoms with Crippen molar-refractivity contribution in [2.24, 2.45) is 0 Å². The maximum atomic E-state index is 12.8. The fraction of sp³-hybridized carbons (Fsp3) is 0.500. The Morgan fingerprint density at radius 2 is 1.94 bits per heavy atom. The minimum atomic E-state index is -2.57. The summed E-state index contributed by atoms with van der Waals surface area (Å²) in [6.45, 7) is 7.81. The molecule has 2 heterocycles. The van der Waals surface area contributed by atoms with Crippen molar-refractivity contribution in [1.29, 1.82) is 0 Å². The molecule has 0 unspecified atom stereocenters. The fourth-order valence-electron chi connectivity index (χ4n) is 1.91. The summed E-state index contributed by atoms with van der Waals surface area (Å²) in [6, 6.07) is 1.48. The van der Waals surface area contributed by atoms with Crippen LogP contribution in [0.25, 0.3) is 11.0 Å². The monoisotopic (exact) mass is 239 g/mol. The molecule has 3 nitrogen and oxygen atoms in total. The molecule has 0 bridgehead atoms. The second-order valence-electron chi connectivity index (χ2n) is 5.18. The minimum Gasteiger partial charge on any atom is -0.261 e. The Bertz CT molecular complexity index is 553. The molecule has 0 aliphatic heterocycles. The number of aromatic amines is 1. The molecule has 0 spiro atoms. The molecule has 0 atom stereocenters. The van der Waals surface area contributed by atoms with Crippen molar-refractivity contribution in [1.82, 2.24) is 15.2 Å². The van der Waals surface area contributed by atoms with E-state index in [1.54, 1.807) is 0 Å². The lowest BCUT2D eigenvalue weighted by Crippen LogP contribution is -2.13. The summed E-state index contributed by atoms with van der Waals surface area (Å²) in [6.07, 6.45) is -2.57.